The molecule has 3 fully saturated rings. The maximum Gasteiger partial charge on any atom is 0.248 e. The molecule has 3 heterocycles. The fourth-order valence-electron chi connectivity index (χ4n) is 6.40. The van der Waals surface area contributed by atoms with Gasteiger partial charge >= 0.3 is 0 Å². The Morgan fingerprint density at radius 1 is 0.889 bits per heavy atom. The molecule has 3 aliphatic rings. The lowest BCUT2D eigenvalue weighted by atomic mass is 9.91. The summed E-state index contributed by atoms with van der Waals surface area (Å²) in [7, 11) is -2.72. The van der Waals surface area contributed by atoms with E-state index in [9.17, 15) is 13.2 Å². The summed E-state index contributed by atoms with van der Waals surface area (Å²) in [5, 5.41) is 2.14. The second kappa shape index (κ2) is 12.0. The molecule has 8 heteroatoms. The molecule has 3 atom stereocenters. The van der Waals surface area contributed by atoms with E-state index >= 15 is 0 Å². The van der Waals surface area contributed by atoms with Gasteiger partial charge < -0.3 is 14.5 Å². The number of piperidine rings is 2. The fraction of sp³-hybridized carbons (Fsp3) is 0.607. The summed E-state index contributed by atoms with van der Waals surface area (Å²) in [4.78, 5) is 18.0. The molecule has 3 saturated heterocycles. The first-order valence-corrected chi connectivity index (χ1v) is 14.8. The summed E-state index contributed by atoms with van der Waals surface area (Å²) < 4.78 is 32.4. The van der Waals surface area contributed by atoms with Gasteiger partial charge in [-0.1, -0.05) is 55.3 Å². The van der Waals surface area contributed by atoms with Crippen molar-refractivity contribution < 1.29 is 17.9 Å². The number of rotatable bonds is 8. The molecule has 0 spiro atoms. The zero-order valence-electron chi connectivity index (χ0n) is 21.1. The van der Waals surface area contributed by atoms with Crippen LogP contribution in [0.4, 0.5) is 0 Å². The molecule has 0 aromatic heterocycles. The largest absolute Gasteiger partial charge is 0.362 e. The Morgan fingerprint density at radius 3 is 2.50 bits per heavy atom. The molecule has 0 saturated carbocycles. The highest BCUT2D eigenvalue weighted by molar-refractivity contribution is 7.69. The molecule has 0 radical (unpaired) electrons. The average molecular weight is 514 g/mol. The molecule has 1 amide bonds. The Bertz CT molecular complexity index is 1100. The zero-order valence-corrected chi connectivity index (χ0v) is 22.0. The van der Waals surface area contributed by atoms with E-state index < -0.39 is 17.0 Å². The van der Waals surface area contributed by atoms with Gasteiger partial charge in [0, 0.05) is 25.7 Å². The molecule has 3 aliphatic heterocycles. The second-order valence-corrected chi connectivity index (χ2v) is 11.5. The first kappa shape index (κ1) is 25.6. The predicted octanol–water partition coefficient (Wildman–Crippen LogP) is 3.76. The van der Waals surface area contributed by atoms with E-state index in [1.54, 1.807) is 4.31 Å². The van der Waals surface area contributed by atoms with E-state index in [0.29, 0.717) is 6.54 Å². The van der Waals surface area contributed by atoms with Gasteiger partial charge in [0.05, 0.1) is 6.04 Å². The highest BCUT2D eigenvalue weighted by Crippen LogP contribution is 2.35. The molecule has 36 heavy (non-hydrogen) atoms. The third kappa shape index (κ3) is 5.77. The maximum atomic E-state index is 13.4. The number of nitrogens with zero attached hydrogens (tertiary/aromatic N) is 3. The zero-order chi connectivity index (χ0) is 24.9. The number of hydrogen-bond acceptors (Lipinski definition) is 5. The van der Waals surface area contributed by atoms with E-state index in [-0.39, 0.29) is 24.6 Å². The average Bonchev–Trinajstić information content (AvgIpc) is 3.37. The summed E-state index contributed by atoms with van der Waals surface area (Å²) in [6, 6.07) is 14.1. The lowest BCUT2D eigenvalue weighted by Crippen LogP contribution is -2.47. The van der Waals surface area contributed by atoms with Crippen LogP contribution >= 0.6 is 0 Å². The molecule has 0 bridgehead atoms. The Hall–Kier alpha value is -2.00. The van der Waals surface area contributed by atoms with Gasteiger partial charge in [-0.3, -0.25) is 4.79 Å². The first-order chi connectivity index (χ1) is 17.6. The summed E-state index contributed by atoms with van der Waals surface area (Å²) in [5.41, 5.74) is 0.959. The summed E-state index contributed by atoms with van der Waals surface area (Å²) in [6.07, 6.45) is 7.92. The molecule has 7 nitrogen and oxygen atoms in total. The Morgan fingerprint density at radius 2 is 1.67 bits per heavy atom. The van der Waals surface area contributed by atoms with Crippen molar-refractivity contribution in [1.82, 2.24) is 14.1 Å². The third-order valence-electron chi connectivity index (χ3n) is 8.21. The van der Waals surface area contributed by atoms with Crippen LogP contribution in [-0.4, -0.2) is 79.8 Å². The van der Waals surface area contributed by atoms with E-state index in [2.05, 4.69) is 23.1 Å². The predicted molar refractivity (Wildman–Crippen MR) is 142 cm³/mol. The van der Waals surface area contributed by atoms with Gasteiger partial charge in [0.15, 0.2) is 0 Å². The van der Waals surface area contributed by atoms with Crippen molar-refractivity contribution in [3.63, 3.8) is 0 Å². The molecule has 5 rings (SSSR count). The lowest BCUT2D eigenvalue weighted by Gasteiger charge is -2.37. The van der Waals surface area contributed by atoms with E-state index in [1.165, 1.54) is 19.3 Å². The highest BCUT2D eigenvalue weighted by Gasteiger charge is 2.36. The number of likely N-dealkylation sites (tertiary alicyclic amines) is 2. The van der Waals surface area contributed by atoms with Gasteiger partial charge in [-0.25, -0.2) is 8.42 Å². The monoisotopic (exact) mass is 513 g/mol. The number of carbonyl (C=O) groups excluding carboxylic acids is 1. The summed E-state index contributed by atoms with van der Waals surface area (Å²) >= 11 is 0. The number of thiol groups is 1. The number of benzene rings is 2. The van der Waals surface area contributed by atoms with Crippen molar-refractivity contribution in [2.24, 2.45) is 0 Å². The van der Waals surface area contributed by atoms with Gasteiger partial charge in [0.25, 0.3) is 0 Å². The van der Waals surface area contributed by atoms with Crippen molar-refractivity contribution in [3.05, 3.63) is 48.0 Å². The van der Waals surface area contributed by atoms with Gasteiger partial charge in [0.2, 0.25) is 16.8 Å². The summed E-state index contributed by atoms with van der Waals surface area (Å²) in [5.74, 6) is 0.0219. The summed E-state index contributed by atoms with van der Waals surface area (Å²) in [6.45, 7) is 4.47. The van der Waals surface area contributed by atoms with Crippen LogP contribution in [0, 0.1) is 0 Å². The molecule has 196 valence electrons. The number of carbonyl (C=O) groups is 1. The van der Waals surface area contributed by atoms with Gasteiger partial charge in [-0.2, -0.15) is 4.31 Å². The molecule has 2 aromatic rings. The first-order valence-electron chi connectivity index (χ1n) is 13.6. The van der Waals surface area contributed by atoms with Crippen molar-refractivity contribution >= 4 is 27.6 Å². The SMILES string of the molecule is O=C(COC(c1cccc2ccccc12)C1CCCCN1[SH](=O)=O)N1CCCC1CN1CCCCC1. The van der Waals surface area contributed by atoms with Crippen LogP contribution in [0.25, 0.3) is 10.8 Å². The van der Waals surface area contributed by atoms with Crippen LogP contribution in [0.5, 0.6) is 0 Å². The molecular formula is C28H39N3O4S. The van der Waals surface area contributed by atoms with E-state index in [0.717, 1.165) is 74.6 Å². The van der Waals surface area contributed by atoms with Crippen molar-refractivity contribution in [2.75, 3.05) is 39.3 Å². The minimum absolute atomic E-state index is 0.0219. The minimum atomic E-state index is -2.72. The number of ether oxygens (including phenoxy) is 1. The maximum absolute atomic E-state index is 13.4. The number of amides is 1. The van der Waals surface area contributed by atoms with Crippen LogP contribution in [0.1, 0.15) is 63.0 Å². The fourth-order valence-corrected chi connectivity index (χ4v) is 7.18. The highest BCUT2D eigenvalue weighted by atomic mass is 32.2. The number of fused-ring (bicyclic) bond motifs is 1. The molecule has 0 N–H and O–H groups in total. The Kier molecular flexibility index (Phi) is 8.57. The van der Waals surface area contributed by atoms with Crippen molar-refractivity contribution in [1.29, 1.82) is 0 Å². The van der Waals surface area contributed by atoms with Crippen molar-refractivity contribution in [3.8, 4) is 0 Å². The molecule has 0 aliphatic carbocycles. The normalized spacial score (nSPS) is 25.0. The second-order valence-electron chi connectivity index (χ2n) is 10.5. The van der Waals surface area contributed by atoms with Crippen LogP contribution in [0.2, 0.25) is 0 Å². The van der Waals surface area contributed by atoms with E-state index in [4.69, 9.17) is 4.74 Å². The minimum Gasteiger partial charge on any atom is -0.362 e. The van der Waals surface area contributed by atoms with Crippen LogP contribution in [0.15, 0.2) is 42.5 Å². The van der Waals surface area contributed by atoms with Crippen LogP contribution in [0.3, 0.4) is 0 Å². The van der Waals surface area contributed by atoms with Gasteiger partial charge in [0.1, 0.15) is 12.7 Å². The van der Waals surface area contributed by atoms with Gasteiger partial charge in [-0.15, -0.1) is 0 Å². The number of hydrogen-bond donors (Lipinski definition) is 1. The Balaban J connectivity index is 1.36. The smallest absolute Gasteiger partial charge is 0.248 e. The standard InChI is InChI=1S/C28H39N3O4S/c32-27(30-18-9-12-23(30)20-29-16-5-1-6-17-29)21-35-28(26-15-4-7-19-31(26)36(33)34)25-14-8-11-22-10-2-3-13-24(22)25/h2-3,8,10-11,13-14,23,26,28,36H,1,4-7,9,12,15-21H2. The Labute approximate surface area is 216 Å². The quantitative estimate of drug-likeness (QED) is 0.545. The topological polar surface area (TPSA) is 70.2 Å². The third-order valence-corrected chi connectivity index (χ3v) is 9.13. The molecule has 3 unspecified atom stereocenters. The van der Waals surface area contributed by atoms with Crippen molar-refractivity contribution in [2.45, 2.75) is 69.6 Å². The molecule has 2 aromatic carbocycles. The molecular weight excluding hydrogens is 474 g/mol. The van der Waals surface area contributed by atoms with Crippen LogP contribution < -0.4 is 0 Å². The van der Waals surface area contributed by atoms with E-state index in [1.807, 2.05) is 29.2 Å². The lowest BCUT2D eigenvalue weighted by molar-refractivity contribution is -0.141. The van der Waals surface area contributed by atoms with Gasteiger partial charge in [-0.05, 0) is 68.0 Å². The van der Waals surface area contributed by atoms with Crippen LogP contribution in [-0.2, 0) is 20.4 Å².